The quantitative estimate of drug-likeness (QED) is 0.434. The molecular formula is C22H16F3N5S. The van der Waals surface area contributed by atoms with Crippen molar-refractivity contribution in [1.29, 1.82) is 0 Å². The Hall–Kier alpha value is -3.51. The number of thiazole rings is 1. The first kappa shape index (κ1) is 20.8. The van der Waals surface area contributed by atoms with E-state index < -0.39 is 17.8 Å². The van der Waals surface area contributed by atoms with Gasteiger partial charge in [-0.15, -0.1) is 11.3 Å². The molecule has 4 aromatic rings. The lowest BCUT2D eigenvalue weighted by molar-refractivity contribution is -0.140. The smallest absolute Gasteiger partial charge is 0.382 e. The number of hydrogen-bond acceptors (Lipinski definition) is 6. The zero-order valence-electron chi connectivity index (χ0n) is 16.5. The number of halogens is 3. The number of nitrogens with zero attached hydrogens (tertiary/aromatic N) is 4. The van der Waals surface area contributed by atoms with Gasteiger partial charge in [0.1, 0.15) is 16.3 Å². The summed E-state index contributed by atoms with van der Waals surface area (Å²) < 4.78 is 38.2. The summed E-state index contributed by atoms with van der Waals surface area (Å²) in [6.45, 7) is 3.49. The van der Waals surface area contributed by atoms with E-state index >= 15 is 0 Å². The summed E-state index contributed by atoms with van der Waals surface area (Å²) in [4.78, 5) is 16.7. The molecule has 0 fully saturated rings. The number of nitrogens with two attached hydrogens (primary N) is 1. The molecule has 0 bridgehead atoms. The SMILES string of the molecule is Cc1nc(N)c2nc(-c3cccc(C#C[C@H](C)c4nc(C(F)(F)F)cs4)c3)ccc2n1. The summed E-state index contributed by atoms with van der Waals surface area (Å²) in [5.74, 6) is 6.45. The Kier molecular flexibility index (Phi) is 5.33. The van der Waals surface area contributed by atoms with Crippen molar-refractivity contribution in [3.8, 4) is 23.1 Å². The molecule has 1 aromatic carbocycles. The van der Waals surface area contributed by atoms with Crippen LogP contribution in [0, 0.1) is 18.8 Å². The average Bonchev–Trinajstić information content (AvgIpc) is 3.23. The summed E-state index contributed by atoms with van der Waals surface area (Å²) in [5.41, 5.74) is 8.53. The second-order valence-electron chi connectivity index (χ2n) is 6.86. The standard InChI is InChI=1S/C22H16F3N5S/c1-12(21-30-18(11-31-21)22(23,24)25)6-7-14-4-3-5-15(10-14)16-8-9-17-19(29-16)20(26)28-13(2)27-17/h3-5,8-12H,1-2H3,(H2,26,27,28)/t12-/m0/s1. The Morgan fingerprint density at radius 1 is 1.06 bits per heavy atom. The number of anilines is 1. The van der Waals surface area contributed by atoms with Crippen LogP contribution in [0.5, 0.6) is 0 Å². The molecule has 0 radical (unpaired) electrons. The summed E-state index contributed by atoms with van der Waals surface area (Å²) in [5, 5.41) is 1.34. The van der Waals surface area contributed by atoms with Gasteiger partial charge in [0.25, 0.3) is 0 Å². The summed E-state index contributed by atoms with van der Waals surface area (Å²) in [7, 11) is 0. The van der Waals surface area contributed by atoms with E-state index in [9.17, 15) is 13.2 Å². The Morgan fingerprint density at radius 2 is 1.87 bits per heavy atom. The van der Waals surface area contributed by atoms with E-state index in [1.165, 1.54) is 0 Å². The van der Waals surface area contributed by atoms with Gasteiger partial charge in [0, 0.05) is 16.5 Å². The first-order valence-electron chi connectivity index (χ1n) is 9.26. The molecule has 5 nitrogen and oxygen atoms in total. The van der Waals surface area contributed by atoms with Crippen molar-refractivity contribution in [1.82, 2.24) is 19.9 Å². The Balaban J connectivity index is 1.61. The molecule has 156 valence electrons. The highest BCUT2D eigenvalue weighted by molar-refractivity contribution is 7.09. The van der Waals surface area contributed by atoms with Crippen LogP contribution in [0.15, 0.2) is 41.8 Å². The highest BCUT2D eigenvalue weighted by atomic mass is 32.1. The van der Waals surface area contributed by atoms with Gasteiger partial charge >= 0.3 is 6.18 Å². The monoisotopic (exact) mass is 439 g/mol. The van der Waals surface area contributed by atoms with Gasteiger partial charge in [0.05, 0.1) is 17.1 Å². The van der Waals surface area contributed by atoms with Crippen molar-refractivity contribution < 1.29 is 13.2 Å². The number of hydrogen-bond donors (Lipinski definition) is 1. The maximum Gasteiger partial charge on any atom is 0.434 e. The highest BCUT2D eigenvalue weighted by Crippen LogP contribution is 2.32. The lowest BCUT2D eigenvalue weighted by Gasteiger charge is -2.06. The number of alkyl halides is 3. The highest BCUT2D eigenvalue weighted by Gasteiger charge is 2.34. The number of rotatable bonds is 2. The fourth-order valence-electron chi connectivity index (χ4n) is 2.94. The zero-order valence-corrected chi connectivity index (χ0v) is 17.3. The molecule has 2 N–H and O–H groups in total. The van der Waals surface area contributed by atoms with Crippen LogP contribution in [0.1, 0.15) is 34.9 Å². The van der Waals surface area contributed by atoms with Crippen molar-refractivity contribution in [3.05, 3.63) is 63.9 Å². The van der Waals surface area contributed by atoms with Crippen LogP contribution in [-0.4, -0.2) is 19.9 Å². The van der Waals surface area contributed by atoms with E-state index in [2.05, 4.69) is 31.8 Å². The number of aromatic nitrogens is 4. The molecule has 0 saturated heterocycles. The van der Waals surface area contributed by atoms with Gasteiger partial charge in [-0.3, -0.25) is 0 Å². The molecule has 9 heteroatoms. The number of benzene rings is 1. The normalized spacial score (nSPS) is 12.4. The van der Waals surface area contributed by atoms with E-state index in [1.807, 2.05) is 36.4 Å². The van der Waals surface area contributed by atoms with E-state index in [4.69, 9.17) is 5.73 Å². The summed E-state index contributed by atoms with van der Waals surface area (Å²) in [6, 6.07) is 11.1. The van der Waals surface area contributed by atoms with E-state index in [0.717, 1.165) is 22.3 Å². The van der Waals surface area contributed by atoms with Crippen molar-refractivity contribution >= 4 is 28.2 Å². The number of aryl methyl sites for hydroxylation is 1. The first-order valence-corrected chi connectivity index (χ1v) is 10.1. The summed E-state index contributed by atoms with van der Waals surface area (Å²) in [6.07, 6.45) is -4.45. The third kappa shape index (κ3) is 4.49. The molecule has 3 aromatic heterocycles. The van der Waals surface area contributed by atoms with Crippen LogP contribution in [-0.2, 0) is 6.18 Å². The molecule has 0 aliphatic carbocycles. The van der Waals surface area contributed by atoms with Gasteiger partial charge in [0.2, 0.25) is 0 Å². The lowest BCUT2D eigenvalue weighted by Crippen LogP contribution is -2.05. The van der Waals surface area contributed by atoms with Crippen LogP contribution >= 0.6 is 11.3 Å². The molecule has 4 rings (SSSR count). The molecule has 0 aliphatic heterocycles. The van der Waals surface area contributed by atoms with Gasteiger partial charge in [-0.25, -0.2) is 19.9 Å². The Labute approximate surface area is 180 Å². The van der Waals surface area contributed by atoms with E-state index in [-0.39, 0.29) is 0 Å². The Morgan fingerprint density at radius 3 is 2.61 bits per heavy atom. The van der Waals surface area contributed by atoms with Crippen molar-refractivity contribution in [2.24, 2.45) is 0 Å². The van der Waals surface area contributed by atoms with Gasteiger partial charge < -0.3 is 5.73 Å². The fraction of sp³-hybridized carbons (Fsp3) is 0.182. The zero-order chi connectivity index (χ0) is 22.2. The maximum atomic E-state index is 12.7. The second kappa shape index (κ2) is 7.96. The fourth-order valence-corrected chi connectivity index (χ4v) is 3.78. The minimum atomic E-state index is -4.45. The first-order chi connectivity index (χ1) is 14.7. The van der Waals surface area contributed by atoms with Crippen molar-refractivity contribution in [2.75, 3.05) is 5.73 Å². The molecule has 0 spiro atoms. The van der Waals surface area contributed by atoms with Crippen LogP contribution in [0.3, 0.4) is 0 Å². The van der Waals surface area contributed by atoms with Crippen LogP contribution < -0.4 is 5.73 Å². The van der Waals surface area contributed by atoms with Gasteiger partial charge in [-0.1, -0.05) is 24.0 Å². The minimum absolute atomic E-state index is 0.316. The molecule has 31 heavy (non-hydrogen) atoms. The van der Waals surface area contributed by atoms with Crippen molar-refractivity contribution in [3.63, 3.8) is 0 Å². The topological polar surface area (TPSA) is 77.6 Å². The Bertz CT molecular complexity index is 1330. The molecule has 3 heterocycles. The third-order valence-corrected chi connectivity index (χ3v) is 5.48. The second-order valence-corrected chi connectivity index (χ2v) is 7.75. The maximum absolute atomic E-state index is 12.7. The van der Waals surface area contributed by atoms with Crippen LogP contribution in [0.2, 0.25) is 0 Å². The van der Waals surface area contributed by atoms with E-state index in [1.54, 1.807) is 13.8 Å². The van der Waals surface area contributed by atoms with Crippen LogP contribution in [0.4, 0.5) is 19.0 Å². The average molecular weight is 439 g/mol. The predicted molar refractivity (Wildman–Crippen MR) is 114 cm³/mol. The molecule has 0 aliphatic rings. The molecule has 1 atom stereocenters. The largest absolute Gasteiger partial charge is 0.434 e. The number of pyridine rings is 1. The number of nitrogen functional groups attached to an aromatic ring is 1. The summed E-state index contributed by atoms with van der Waals surface area (Å²) >= 11 is 0.956. The molecular weight excluding hydrogens is 423 g/mol. The van der Waals surface area contributed by atoms with Crippen molar-refractivity contribution in [2.45, 2.75) is 25.9 Å². The van der Waals surface area contributed by atoms with Gasteiger partial charge in [0.15, 0.2) is 11.5 Å². The molecule has 0 amide bonds. The molecule has 0 unspecified atom stereocenters. The molecule has 0 saturated carbocycles. The van der Waals surface area contributed by atoms with Gasteiger partial charge in [-0.05, 0) is 38.1 Å². The third-order valence-electron chi connectivity index (χ3n) is 4.46. The predicted octanol–water partition coefficient (Wildman–Crippen LogP) is 5.21. The minimum Gasteiger partial charge on any atom is -0.382 e. The van der Waals surface area contributed by atoms with Crippen LogP contribution in [0.25, 0.3) is 22.3 Å². The lowest BCUT2D eigenvalue weighted by atomic mass is 10.1. The van der Waals surface area contributed by atoms with Gasteiger partial charge in [-0.2, -0.15) is 13.2 Å². The van der Waals surface area contributed by atoms with E-state index in [0.29, 0.717) is 38.9 Å². The number of fused-ring (bicyclic) bond motifs is 1.